The quantitative estimate of drug-likeness (QED) is 0.863. The third-order valence-corrected chi connectivity index (χ3v) is 4.02. The van der Waals surface area contributed by atoms with Crippen LogP contribution in [0.4, 0.5) is 13.6 Å². The van der Waals surface area contributed by atoms with Gasteiger partial charge in [-0.2, -0.15) is 0 Å². The van der Waals surface area contributed by atoms with Gasteiger partial charge in [-0.25, -0.2) is 13.6 Å². The monoisotopic (exact) mass is 280 g/mol. The minimum atomic E-state index is -0.987. The molecule has 1 aliphatic heterocycles. The summed E-state index contributed by atoms with van der Waals surface area (Å²) in [6.45, 7) is 1.67. The number of rotatable bonds is 3. The van der Waals surface area contributed by atoms with Gasteiger partial charge >= 0.3 is 6.03 Å². The van der Waals surface area contributed by atoms with Gasteiger partial charge in [0.15, 0.2) is 11.6 Å². The normalized spacial score (nSPS) is 26.1. The van der Waals surface area contributed by atoms with E-state index >= 15 is 0 Å². The second kappa shape index (κ2) is 4.26. The summed E-state index contributed by atoms with van der Waals surface area (Å²) in [6, 6.07) is 2.88. The van der Waals surface area contributed by atoms with Gasteiger partial charge in [-0.3, -0.25) is 9.69 Å². The molecule has 3 amide bonds. The Hall–Kier alpha value is -1.98. The molecule has 0 bridgehead atoms. The molecular formula is C14H14F2N2O2. The van der Waals surface area contributed by atoms with E-state index < -0.39 is 23.2 Å². The third kappa shape index (κ3) is 1.95. The van der Waals surface area contributed by atoms with E-state index in [1.807, 2.05) is 0 Å². The highest BCUT2D eigenvalue weighted by Gasteiger charge is 2.55. The summed E-state index contributed by atoms with van der Waals surface area (Å²) in [7, 11) is 0. The minimum Gasteiger partial charge on any atom is -0.323 e. The maximum atomic E-state index is 13.2. The highest BCUT2D eigenvalue weighted by Crippen LogP contribution is 2.42. The Morgan fingerprint density at radius 2 is 2.00 bits per heavy atom. The number of halogens is 2. The fourth-order valence-electron chi connectivity index (χ4n) is 2.62. The lowest BCUT2D eigenvalue weighted by molar-refractivity contribution is -0.131. The summed E-state index contributed by atoms with van der Waals surface area (Å²) >= 11 is 0. The predicted molar refractivity (Wildman–Crippen MR) is 66.6 cm³/mol. The number of carbonyl (C=O) groups excluding carboxylic acids is 2. The molecule has 0 radical (unpaired) electrons. The van der Waals surface area contributed by atoms with Gasteiger partial charge in [0.2, 0.25) is 0 Å². The SMILES string of the molecule is CC1(C2CC2)NC(=O)N(Cc2ccc(F)c(F)c2)C1=O. The van der Waals surface area contributed by atoms with E-state index in [0.717, 1.165) is 29.9 Å². The number of benzene rings is 1. The van der Waals surface area contributed by atoms with Crippen molar-refractivity contribution >= 4 is 11.9 Å². The highest BCUT2D eigenvalue weighted by atomic mass is 19.2. The van der Waals surface area contributed by atoms with Crippen molar-refractivity contribution in [3.05, 3.63) is 35.4 Å². The third-order valence-electron chi connectivity index (χ3n) is 4.02. The molecule has 1 aliphatic carbocycles. The summed E-state index contributed by atoms with van der Waals surface area (Å²) in [6.07, 6.45) is 1.84. The van der Waals surface area contributed by atoms with Crippen LogP contribution in [0.5, 0.6) is 0 Å². The molecule has 1 aromatic carbocycles. The molecule has 2 fully saturated rings. The first-order valence-electron chi connectivity index (χ1n) is 6.50. The van der Waals surface area contributed by atoms with Crippen molar-refractivity contribution in [2.75, 3.05) is 0 Å². The maximum Gasteiger partial charge on any atom is 0.325 e. The molecule has 2 aliphatic rings. The van der Waals surface area contributed by atoms with Gasteiger partial charge in [-0.1, -0.05) is 6.07 Å². The Morgan fingerprint density at radius 1 is 1.30 bits per heavy atom. The first kappa shape index (κ1) is 13.0. The van der Waals surface area contributed by atoms with Crippen molar-refractivity contribution in [2.45, 2.75) is 31.8 Å². The Balaban J connectivity index is 1.82. The van der Waals surface area contributed by atoms with Crippen LogP contribution in [-0.4, -0.2) is 22.4 Å². The summed E-state index contributed by atoms with van der Waals surface area (Å²) in [5.41, 5.74) is -0.470. The zero-order valence-corrected chi connectivity index (χ0v) is 11.0. The average Bonchev–Trinajstić information content (AvgIpc) is 3.20. The number of hydrogen-bond donors (Lipinski definition) is 1. The van der Waals surface area contributed by atoms with E-state index in [0.29, 0.717) is 5.56 Å². The van der Waals surface area contributed by atoms with Gasteiger partial charge in [-0.05, 0) is 43.4 Å². The van der Waals surface area contributed by atoms with E-state index in [1.165, 1.54) is 6.07 Å². The molecule has 106 valence electrons. The molecule has 1 saturated heterocycles. The van der Waals surface area contributed by atoms with Crippen LogP contribution in [0.25, 0.3) is 0 Å². The lowest BCUT2D eigenvalue weighted by Gasteiger charge is -2.21. The lowest BCUT2D eigenvalue weighted by Crippen LogP contribution is -2.46. The largest absolute Gasteiger partial charge is 0.325 e. The van der Waals surface area contributed by atoms with Crippen LogP contribution in [-0.2, 0) is 11.3 Å². The van der Waals surface area contributed by atoms with Gasteiger partial charge < -0.3 is 5.32 Å². The molecule has 0 spiro atoms. The van der Waals surface area contributed by atoms with Crippen molar-refractivity contribution in [1.29, 1.82) is 0 Å². The van der Waals surface area contributed by atoms with Gasteiger partial charge in [0.05, 0.1) is 6.54 Å². The first-order chi connectivity index (χ1) is 9.41. The molecule has 1 N–H and O–H groups in total. The number of amides is 3. The zero-order valence-electron chi connectivity index (χ0n) is 11.0. The van der Waals surface area contributed by atoms with Gasteiger partial charge in [0.1, 0.15) is 5.54 Å². The second-order valence-corrected chi connectivity index (χ2v) is 5.55. The van der Waals surface area contributed by atoms with Crippen molar-refractivity contribution in [3.63, 3.8) is 0 Å². The van der Waals surface area contributed by atoms with Crippen LogP contribution in [0.2, 0.25) is 0 Å². The van der Waals surface area contributed by atoms with E-state index in [9.17, 15) is 18.4 Å². The first-order valence-corrected chi connectivity index (χ1v) is 6.50. The van der Waals surface area contributed by atoms with Crippen molar-refractivity contribution in [1.82, 2.24) is 10.2 Å². The van der Waals surface area contributed by atoms with Crippen LogP contribution in [0.15, 0.2) is 18.2 Å². The lowest BCUT2D eigenvalue weighted by atomic mass is 9.96. The van der Waals surface area contributed by atoms with Gasteiger partial charge in [0, 0.05) is 0 Å². The molecule has 1 atom stereocenters. The second-order valence-electron chi connectivity index (χ2n) is 5.55. The van der Waals surface area contributed by atoms with Crippen LogP contribution in [0.3, 0.4) is 0 Å². The molecule has 1 saturated carbocycles. The molecular weight excluding hydrogens is 266 g/mol. The Labute approximate surface area is 114 Å². The Morgan fingerprint density at radius 3 is 2.60 bits per heavy atom. The van der Waals surface area contributed by atoms with Crippen molar-refractivity contribution in [2.24, 2.45) is 5.92 Å². The molecule has 1 aromatic rings. The van der Waals surface area contributed by atoms with Gasteiger partial charge in [-0.15, -0.1) is 0 Å². The number of urea groups is 1. The standard InChI is InChI=1S/C14H14F2N2O2/c1-14(9-3-4-9)12(19)18(13(20)17-14)7-8-2-5-10(15)11(16)6-8/h2,5-6,9H,3-4,7H2,1H3,(H,17,20). The number of carbonyl (C=O) groups is 2. The fourth-order valence-corrected chi connectivity index (χ4v) is 2.62. The molecule has 20 heavy (non-hydrogen) atoms. The molecule has 1 unspecified atom stereocenters. The number of nitrogens with zero attached hydrogens (tertiary/aromatic N) is 1. The molecule has 0 aromatic heterocycles. The summed E-state index contributed by atoms with van der Waals surface area (Å²) in [4.78, 5) is 25.3. The van der Waals surface area contributed by atoms with Crippen LogP contribution < -0.4 is 5.32 Å². The van der Waals surface area contributed by atoms with Crippen molar-refractivity contribution < 1.29 is 18.4 Å². The molecule has 1 heterocycles. The fraction of sp³-hybridized carbons (Fsp3) is 0.429. The van der Waals surface area contributed by atoms with E-state index in [-0.39, 0.29) is 18.4 Å². The van der Waals surface area contributed by atoms with Crippen LogP contribution in [0, 0.1) is 17.6 Å². The summed E-state index contributed by atoms with van der Waals surface area (Å²) in [5.74, 6) is -2.06. The van der Waals surface area contributed by atoms with E-state index in [4.69, 9.17) is 0 Å². The van der Waals surface area contributed by atoms with E-state index in [2.05, 4.69) is 5.32 Å². The minimum absolute atomic E-state index is 0.0514. The number of imide groups is 1. The number of hydrogen-bond acceptors (Lipinski definition) is 2. The van der Waals surface area contributed by atoms with Crippen LogP contribution in [0.1, 0.15) is 25.3 Å². The molecule has 4 nitrogen and oxygen atoms in total. The highest BCUT2D eigenvalue weighted by molar-refractivity contribution is 6.07. The smallest absolute Gasteiger partial charge is 0.323 e. The zero-order chi connectivity index (χ0) is 14.5. The molecule has 6 heteroatoms. The predicted octanol–water partition coefficient (Wildman–Crippen LogP) is 2.19. The van der Waals surface area contributed by atoms with Crippen LogP contribution >= 0.6 is 0 Å². The summed E-state index contributed by atoms with van der Waals surface area (Å²) in [5, 5.41) is 2.71. The molecule has 3 rings (SSSR count). The van der Waals surface area contributed by atoms with Gasteiger partial charge in [0.25, 0.3) is 5.91 Å². The number of nitrogens with one attached hydrogen (secondary N) is 1. The topological polar surface area (TPSA) is 49.4 Å². The maximum absolute atomic E-state index is 13.2. The van der Waals surface area contributed by atoms with Crippen molar-refractivity contribution in [3.8, 4) is 0 Å². The Bertz CT molecular complexity index is 601. The average molecular weight is 280 g/mol. The Kier molecular flexibility index (Phi) is 2.77. The summed E-state index contributed by atoms with van der Waals surface area (Å²) < 4.78 is 26.0. The van der Waals surface area contributed by atoms with E-state index in [1.54, 1.807) is 6.92 Å².